The topological polar surface area (TPSA) is 66.9 Å². The van der Waals surface area contributed by atoms with Crippen molar-refractivity contribution in [3.05, 3.63) is 16.4 Å². The molecule has 1 heterocycles. The summed E-state index contributed by atoms with van der Waals surface area (Å²) in [6.45, 7) is 0.639. The highest BCUT2D eigenvalue weighted by molar-refractivity contribution is 6.33. The summed E-state index contributed by atoms with van der Waals surface area (Å²) in [4.78, 5) is 11.4. The zero-order valence-corrected chi connectivity index (χ0v) is 11.3. The van der Waals surface area contributed by atoms with Crippen LogP contribution in [0.3, 0.4) is 0 Å². The van der Waals surface area contributed by atoms with Gasteiger partial charge in [0.2, 0.25) is 5.91 Å². The first kappa shape index (κ1) is 13.4. The monoisotopic (exact) mass is 288 g/mol. The van der Waals surface area contributed by atoms with Gasteiger partial charge < -0.3 is 10.6 Å². The van der Waals surface area contributed by atoms with Crippen LogP contribution in [0.1, 0.15) is 25.7 Å². The van der Waals surface area contributed by atoms with Crippen molar-refractivity contribution in [3.63, 3.8) is 0 Å². The Labute approximate surface area is 115 Å². The fourth-order valence-corrected chi connectivity index (χ4v) is 1.78. The van der Waals surface area contributed by atoms with Gasteiger partial charge in [-0.2, -0.15) is 0 Å². The molecule has 1 aliphatic rings. The van der Waals surface area contributed by atoms with Crippen LogP contribution in [0.2, 0.25) is 10.3 Å². The summed E-state index contributed by atoms with van der Waals surface area (Å²) in [7, 11) is 0. The van der Waals surface area contributed by atoms with Crippen molar-refractivity contribution in [1.82, 2.24) is 15.5 Å². The quantitative estimate of drug-likeness (QED) is 0.788. The van der Waals surface area contributed by atoms with Gasteiger partial charge in [-0.1, -0.05) is 23.2 Å². The molecule has 1 aromatic rings. The molecule has 0 radical (unpaired) electrons. The molecular formula is C11H14Cl2N4O. The lowest BCUT2D eigenvalue weighted by Crippen LogP contribution is -2.25. The minimum Gasteiger partial charge on any atom is -0.382 e. The van der Waals surface area contributed by atoms with Crippen molar-refractivity contribution in [2.75, 3.05) is 11.9 Å². The number of nitrogens with zero attached hydrogens (tertiary/aromatic N) is 2. The van der Waals surface area contributed by atoms with Crippen LogP contribution in [0.15, 0.2) is 6.07 Å². The molecule has 0 aromatic carbocycles. The van der Waals surface area contributed by atoms with E-state index in [1.165, 1.54) is 0 Å². The minimum absolute atomic E-state index is 0.108. The summed E-state index contributed by atoms with van der Waals surface area (Å²) in [5, 5.41) is 13.9. The number of aromatic nitrogens is 2. The summed E-state index contributed by atoms with van der Waals surface area (Å²) in [6.07, 6.45) is 3.46. The molecule has 18 heavy (non-hydrogen) atoms. The van der Waals surface area contributed by atoms with Crippen LogP contribution in [0, 0.1) is 0 Å². The van der Waals surface area contributed by atoms with E-state index in [0.29, 0.717) is 24.7 Å². The Morgan fingerprint density at radius 1 is 1.39 bits per heavy atom. The molecule has 1 aromatic heterocycles. The lowest BCUT2D eigenvalue weighted by molar-refractivity contribution is -0.121. The van der Waals surface area contributed by atoms with Crippen LogP contribution in [0.5, 0.6) is 0 Å². The second-order valence-corrected chi connectivity index (χ2v) is 4.99. The average Bonchev–Trinajstić information content (AvgIpc) is 3.13. The fraction of sp³-hybridized carbons (Fsp3) is 0.545. The maximum atomic E-state index is 11.4. The maximum Gasteiger partial charge on any atom is 0.220 e. The Kier molecular flexibility index (Phi) is 4.60. The van der Waals surface area contributed by atoms with Crippen LogP contribution in [-0.4, -0.2) is 28.7 Å². The van der Waals surface area contributed by atoms with Crippen molar-refractivity contribution in [2.24, 2.45) is 0 Å². The van der Waals surface area contributed by atoms with Crippen molar-refractivity contribution in [3.8, 4) is 0 Å². The highest BCUT2D eigenvalue weighted by Crippen LogP contribution is 2.21. The lowest BCUT2D eigenvalue weighted by Gasteiger charge is -2.07. The molecule has 0 saturated heterocycles. The van der Waals surface area contributed by atoms with Crippen LogP contribution >= 0.6 is 23.2 Å². The number of amides is 1. The normalized spacial score (nSPS) is 14.3. The minimum atomic E-state index is 0.108. The molecular weight excluding hydrogens is 275 g/mol. The second-order valence-electron chi connectivity index (χ2n) is 4.24. The summed E-state index contributed by atoms with van der Waals surface area (Å²) in [5.41, 5.74) is 0.638. The predicted octanol–water partition coefficient (Wildman–Crippen LogP) is 2.25. The Balaban J connectivity index is 1.67. The standard InChI is InChI=1S/C11H14Cl2N4O/c12-9-6-8(11(13)17-16-9)14-5-1-2-10(18)15-7-3-4-7/h6-7H,1-5H2,(H,14,16)(H,15,18). The van der Waals surface area contributed by atoms with E-state index in [-0.39, 0.29) is 16.2 Å². The van der Waals surface area contributed by atoms with E-state index in [4.69, 9.17) is 23.2 Å². The van der Waals surface area contributed by atoms with Gasteiger partial charge in [0.25, 0.3) is 0 Å². The molecule has 1 aliphatic carbocycles. The third-order valence-electron chi connectivity index (χ3n) is 2.56. The van der Waals surface area contributed by atoms with Crippen molar-refractivity contribution >= 4 is 34.8 Å². The largest absolute Gasteiger partial charge is 0.382 e. The number of carbonyl (C=O) groups excluding carboxylic acids is 1. The SMILES string of the molecule is O=C(CCCNc1cc(Cl)nnc1Cl)NC1CC1. The highest BCUT2D eigenvalue weighted by Gasteiger charge is 2.22. The Morgan fingerprint density at radius 3 is 2.89 bits per heavy atom. The van der Waals surface area contributed by atoms with Crippen LogP contribution in [0.4, 0.5) is 5.69 Å². The van der Waals surface area contributed by atoms with Gasteiger partial charge in [-0.15, -0.1) is 10.2 Å². The molecule has 1 amide bonds. The van der Waals surface area contributed by atoms with Crippen molar-refractivity contribution < 1.29 is 4.79 Å². The van der Waals surface area contributed by atoms with Crippen LogP contribution in [-0.2, 0) is 4.79 Å². The highest BCUT2D eigenvalue weighted by atomic mass is 35.5. The van der Waals surface area contributed by atoms with Crippen LogP contribution < -0.4 is 10.6 Å². The third kappa shape index (κ3) is 4.31. The predicted molar refractivity (Wildman–Crippen MR) is 70.9 cm³/mol. The van der Waals surface area contributed by atoms with Gasteiger partial charge in [0, 0.05) is 25.1 Å². The van der Waals surface area contributed by atoms with E-state index >= 15 is 0 Å². The Hall–Kier alpha value is -1.07. The fourth-order valence-electron chi connectivity index (χ4n) is 1.48. The van der Waals surface area contributed by atoms with Gasteiger partial charge in [0.05, 0.1) is 5.69 Å². The number of carbonyl (C=O) groups is 1. The Morgan fingerprint density at radius 2 is 2.17 bits per heavy atom. The lowest BCUT2D eigenvalue weighted by atomic mass is 10.3. The first-order valence-electron chi connectivity index (χ1n) is 5.87. The van der Waals surface area contributed by atoms with E-state index in [0.717, 1.165) is 19.3 Å². The number of rotatable bonds is 6. The van der Waals surface area contributed by atoms with Crippen molar-refractivity contribution in [2.45, 2.75) is 31.7 Å². The van der Waals surface area contributed by atoms with E-state index in [9.17, 15) is 4.79 Å². The molecule has 0 spiro atoms. The van der Waals surface area contributed by atoms with Gasteiger partial charge in [0.15, 0.2) is 10.3 Å². The zero-order valence-electron chi connectivity index (χ0n) is 9.75. The molecule has 0 bridgehead atoms. The second kappa shape index (κ2) is 6.20. The number of hydrogen-bond acceptors (Lipinski definition) is 4. The smallest absolute Gasteiger partial charge is 0.220 e. The molecule has 5 nitrogen and oxygen atoms in total. The molecule has 98 valence electrons. The molecule has 7 heteroatoms. The van der Waals surface area contributed by atoms with Gasteiger partial charge in [-0.05, 0) is 19.3 Å². The van der Waals surface area contributed by atoms with E-state index < -0.39 is 0 Å². The third-order valence-corrected chi connectivity index (χ3v) is 3.02. The van der Waals surface area contributed by atoms with Crippen molar-refractivity contribution in [1.29, 1.82) is 0 Å². The molecule has 0 atom stereocenters. The molecule has 0 aliphatic heterocycles. The number of hydrogen-bond donors (Lipinski definition) is 2. The average molecular weight is 289 g/mol. The number of nitrogens with one attached hydrogen (secondary N) is 2. The summed E-state index contributed by atoms with van der Waals surface area (Å²) >= 11 is 11.5. The number of anilines is 1. The first-order valence-corrected chi connectivity index (χ1v) is 6.62. The van der Waals surface area contributed by atoms with Crippen LogP contribution in [0.25, 0.3) is 0 Å². The summed E-state index contributed by atoms with van der Waals surface area (Å²) in [6, 6.07) is 2.03. The van der Waals surface area contributed by atoms with Gasteiger partial charge in [0.1, 0.15) is 0 Å². The van der Waals surface area contributed by atoms with Gasteiger partial charge in [-0.3, -0.25) is 4.79 Å². The molecule has 1 fully saturated rings. The first-order chi connectivity index (χ1) is 8.65. The molecule has 0 unspecified atom stereocenters. The summed E-state index contributed by atoms with van der Waals surface area (Å²) < 4.78 is 0. The summed E-state index contributed by atoms with van der Waals surface area (Å²) in [5.74, 6) is 0.108. The molecule has 2 rings (SSSR count). The van der Waals surface area contributed by atoms with E-state index in [1.54, 1.807) is 6.07 Å². The van der Waals surface area contributed by atoms with E-state index in [2.05, 4.69) is 20.8 Å². The van der Waals surface area contributed by atoms with Gasteiger partial charge in [-0.25, -0.2) is 0 Å². The number of halogens is 2. The Bertz CT molecular complexity index is 437. The van der Waals surface area contributed by atoms with Gasteiger partial charge >= 0.3 is 0 Å². The van der Waals surface area contributed by atoms with E-state index in [1.807, 2.05) is 0 Å². The zero-order chi connectivity index (χ0) is 13.0. The molecule has 2 N–H and O–H groups in total. The maximum absolute atomic E-state index is 11.4. The molecule has 1 saturated carbocycles.